The third-order valence-electron chi connectivity index (χ3n) is 2.92. The number of aromatic nitrogens is 3. The fraction of sp³-hybridized carbons (Fsp3) is 0.308. The zero-order valence-corrected chi connectivity index (χ0v) is 12.8. The molecule has 6 nitrogen and oxygen atoms in total. The Balaban J connectivity index is 2.48. The molecule has 0 atom stereocenters. The standard InChI is InChI=1S/C13H15BrN4O2/c1-3-17(4-2)12-11(13(19)20)15-18(16-12)10-7-5-9(14)6-8-10/h5-8H,3-4H2,1-2H3,(H,19,20). The Morgan fingerprint density at radius 1 is 1.25 bits per heavy atom. The number of nitrogens with zero attached hydrogens (tertiary/aromatic N) is 4. The van der Waals surface area contributed by atoms with Gasteiger partial charge in [0.2, 0.25) is 5.69 Å². The lowest BCUT2D eigenvalue weighted by atomic mass is 10.3. The van der Waals surface area contributed by atoms with Crippen LogP contribution in [-0.4, -0.2) is 39.2 Å². The Morgan fingerprint density at radius 3 is 2.35 bits per heavy atom. The molecule has 1 heterocycles. The number of carbonyl (C=O) groups is 1. The van der Waals surface area contributed by atoms with E-state index in [0.29, 0.717) is 24.6 Å². The SMILES string of the molecule is CCN(CC)c1nn(-c2ccc(Br)cc2)nc1C(=O)O. The molecular formula is C13H15BrN4O2. The van der Waals surface area contributed by atoms with Crippen molar-refractivity contribution in [2.24, 2.45) is 0 Å². The molecule has 0 aliphatic carbocycles. The summed E-state index contributed by atoms with van der Waals surface area (Å²) < 4.78 is 0.941. The number of aromatic carboxylic acids is 1. The van der Waals surface area contributed by atoms with Crippen LogP contribution >= 0.6 is 15.9 Å². The Kier molecular flexibility index (Phi) is 4.39. The van der Waals surface area contributed by atoms with Crippen LogP contribution in [0.5, 0.6) is 0 Å². The van der Waals surface area contributed by atoms with Gasteiger partial charge in [-0.25, -0.2) is 4.79 Å². The molecule has 0 amide bonds. The van der Waals surface area contributed by atoms with E-state index in [9.17, 15) is 9.90 Å². The minimum Gasteiger partial charge on any atom is -0.476 e. The molecule has 1 aromatic heterocycles. The van der Waals surface area contributed by atoms with E-state index in [4.69, 9.17) is 0 Å². The minimum atomic E-state index is -1.07. The van der Waals surface area contributed by atoms with E-state index in [1.165, 1.54) is 4.80 Å². The van der Waals surface area contributed by atoms with E-state index in [2.05, 4.69) is 26.1 Å². The maximum Gasteiger partial charge on any atom is 0.360 e. The first-order valence-electron chi connectivity index (χ1n) is 6.28. The van der Waals surface area contributed by atoms with E-state index in [0.717, 1.165) is 4.47 Å². The molecule has 0 saturated carbocycles. The van der Waals surface area contributed by atoms with Crippen molar-refractivity contribution in [3.05, 3.63) is 34.4 Å². The van der Waals surface area contributed by atoms with Crippen molar-refractivity contribution in [2.75, 3.05) is 18.0 Å². The van der Waals surface area contributed by atoms with Gasteiger partial charge in [0.15, 0.2) is 5.82 Å². The first-order chi connectivity index (χ1) is 9.56. The zero-order chi connectivity index (χ0) is 14.7. The van der Waals surface area contributed by atoms with E-state index in [1.807, 2.05) is 43.0 Å². The van der Waals surface area contributed by atoms with Crippen molar-refractivity contribution < 1.29 is 9.90 Å². The van der Waals surface area contributed by atoms with Crippen LogP contribution in [0.1, 0.15) is 24.3 Å². The highest BCUT2D eigenvalue weighted by Gasteiger charge is 2.22. The second-order valence-electron chi connectivity index (χ2n) is 4.12. The van der Waals surface area contributed by atoms with E-state index < -0.39 is 5.97 Å². The first kappa shape index (κ1) is 14.5. The summed E-state index contributed by atoms with van der Waals surface area (Å²) in [5, 5.41) is 17.6. The number of hydrogen-bond donors (Lipinski definition) is 1. The quantitative estimate of drug-likeness (QED) is 0.907. The number of anilines is 1. The highest BCUT2D eigenvalue weighted by Crippen LogP contribution is 2.19. The number of halogens is 1. The summed E-state index contributed by atoms with van der Waals surface area (Å²) in [5.74, 6) is -0.680. The Hall–Kier alpha value is -1.89. The van der Waals surface area contributed by atoms with Crippen LogP contribution in [0.3, 0.4) is 0 Å². The third-order valence-corrected chi connectivity index (χ3v) is 3.45. The van der Waals surface area contributed by atoms with Gasteiger partial charge in [0.05, 0.1) is 5.69 Å². The average molecular weight is 339 g/mol. The Labute approximate surface area is 125 Å². The van der Waals surface area contributed by atoms with Crippen LogP contribution in [0.2, 0.25) is 0 Å². The molecule has 20 heavy (non-hydrogen) atoms. The highest BCUT2D eigenvalue weighted by molar-refractivity contribution is 9.10. The molecule has 2 aromatic rings. The third kappa shape index (κ3) is 2.82. The topological polar surface area (TPSA) is 71.2 Å². The van der Waals surface area contributed by atoms with Gasteiger partial charge in [-0.1, -0.05) is 15.9 Å². The summed E-state index contributed by atoms with van der Waals surface area (Å²) in [6.45, 7) is 5.26. The van der Waals surface area contributed by atoms with Gasteiger partial charge in [-0.05, 0) is 38.1 Å². The number of carboxylic acids is 1. The largest absolute Gasteiger partial charge is 0.476 e. The lowest BCUT2D eigenvalue weighted by Gasteiger charge is -2.17. The van der Waals surface area contributed by atoms with E-state index >= 15 is 0 Å². The van der Waals surface area contributed by atoms with Gasteiger partial charge in [0, 0.05) is 17.6 Å². The zero-order valence-electron chi connectivity index (χ0n) is 11.2. The maximum absolute atomic E-state index is 11.3. The second kappa shape index (κ2) is 6.04. The molecule has 106 valence electrons. The number of benzene rings is 1. The molecule has 0 radical (unpaired) electrons. The molecule has 0 fully saturated rings. The highest BCUT2D eigenvalue weighted by atomic mass is 79.9. The fourth-order valence-electron chi connectivity index (χ4n) is 1.86. The molecule has 0 spiro atoms. The van der Waals surface area contributed by atoms with Gasteiger partial charge in [-0.2, -0.15) is 0 Å². The first-order valence-corrected chi connectivity index (χ1v) is 7.07. The summed E-state index contributed by atoms with van der Waals surface area (Å²) in [6, 6.07) is 7.36. The molecule has 0 bridgehead atoms. The molecule has 1 aromatic carbocycles. The molecule has 0 saturated heterocycles. The predicted molar refractivity (Wildman–Crippen MR) is 79.6 cm³/mol. The van der Waals surface area contributed by atoms with Gasteiger partial charge in [-0.3, -0.25) is 0 Å². The van der Waals surface area contributed by atoms with Crippen molar-refractivity contribution in [1.29, 1.82) is 0 Å². The molecule has 1 N–H and O–H groups in total. The van der Waals surface area contributed by atoms with Crippen LogP contribution in [0.4, 0.5) is 5.82 Å². The van der Waals surface area contributed by atoms with E-state index in [1.54, 1.807) is 0 Å². The van der Waals surface area contributed by atoms with Crippen LogP contribution in [0, 0.1) is 0 Å². The lowest BCUT2D eigenvalue weighted by Crippen LogP contribution is -2.24. The maximum atomic E-state index is 11.3. The number of hydrogen-bond acceptors (Lipinski definition) is 4. The summed E-state index contributed by atoms with van der Waals surface area (Å²) >= 11 is 3.35. The van der Waals surface area contributed by atoms with Gasteiger partial charge in [0.1, 0.15) is 0 Å². The average Bonchev–Trinajstić information content (AvgIpc) is 2.86. The second-order valence-corrected chi connectivity index (χ2v) is 5.03. The van der Waals surface area contributed by atoms with Crippen molar-refractivity contribution in [1.82, 2.24) is 15.0 Å². The Morgan fingerprint density at radius 2 is 1.85 bits per heavy atom. The molecule has 7 heteroatoms. The normalized spacial score (nSPS) is 10.6. The summed E-state index contributed by atoms with van der Waals surface area (Å²) in [7, 11) is 0. The summed E-state index contributed by atoms with van der Waals surface area (Å²) in [5.41, 5.74) is 0.686. The molecule has 0 aliphatic heterocycles. The van der Waals surface area contributed by atoms with Crippen molar-refractivity contribution in [2.45, 2.75) is 13.8 Å². The lowest BCUT2D eigenvalue weighted by molar-refractivity contribution is 0.0690. The van der Waals surface area contributed by atoms with Crippen LogP contribution in [0.25, 0.3) is 5.69 Å². The molecular weight excluding hydrogens is 324 g/mol. The molecule has 0 unspecified atom stereocenters. The van der Waals surface area contributed by atoms with Gasteiger partial charge >= 0.3 is 5.97 Å². The minimum absolute atomic E-state index is 0.0309. The molecule has 0 aliphatic rings. The van der Waals surface area contributed by atoms with Gasteiger partial charge in [0.25, 0.3) is 0 Å². The Bertz CT molecular complexity index is 605. The van der Waals surface area contributed by atoms with E-state index in [-0.39, 0.29) is 5.69 Å². The summed E-state index contributed by atoms with van der Waals surface area (Å²) in [6.07, 6.45) is 0. The molecule has 2 rings (SSSR count). The predicted octanol–water partition coefficient (Wildman–Crippen LogP) is 2.57. The van der Waals surface area contributed by atoms with Crippen LogP contribution in [0.15, 0.2) is 28.7 Å². The fourth-order valence-corrected chi connectivity index (χ4v) is 2.13. The number of carboxylic acid groups (broad SMARTS) is 1. The van der Waals surface area contributed by atoms with Gasteiger partial charge < -0.3 is 10.0 Å². The monoisotopic (exact) mass is 338 g/mol. The van der Waals surface area contributed by atoms with Crippen LogP contribution < -0.4 is 4.90 Å². The van der Waals surface area contributed by atoms with Crippen LogP contribution in [-0.2, 0) is 0 Å². The van der Waals surface area contributed by atoms with Crippen molar-refractivity contribution in [3.8, 4) is 5.69 Å². The van der Waals surface area contributed by atoms with Crippen molar-refractivity contribution in [3.63, 3.8) is 0 Å². The van der Waals surface area contributed by atoms with Crippen molar-refractivity contribution >= 4 is 27.7 Å². The van der Waals surface area contributed by atoms with Gasteiger partial charge in [-0.15, -0.1) is 15.0 Å². The number of rotatable bonds is 5. The summed E-state index contributed by atoms with van der Waals surface area (Å²) in [4.78, 5) is 14.5. The smallest absolute Gasteiger partial charge is 0.360 e.